The van der Waals surface area contributed by atoms with Crippen LogP contribution in [0.3, 0.4) is 0 Å². The van der Waals surface area contributed by atoms with E-state index in [1.807, 2.05) is 0 Å². The number of hydrogen-bond donors (Lipinski definition) is 1. The number of likely N-dealkylation sites (tertiary alicyclic amines) is 1. The van der Waals surface area contributed by atoms with Gasteiger partial charge in [0.1, 0.15) is 0 Å². The summed E-state index contributed by atoms with van der Waals surface area (Å²) in [6.45, 7) is 2.98. The molecule has 14 heavy (non-hydrogen) atoms. The maximum absolute atomic E-state index is 8.90. The number of rotatable bonds is 5. The lowest BCUT2D eigenvalue weighted by Crippen LogP contribution is -2.49. The smallest absolute Gasteiger partial charge is 0.0431 e. The summed E-state index contributed by atoms with van der Waals surface area (Å²) in [5.41, 5.74) is 0. The molecule has 0 amide bonds. The van der Waals surface area contributed by atoms with E-state index in [4.69, 9.17) is 5.11 Å². The van der Waals surface area contributed by atoms with Crippen LogP contribution in [0.25, 0.3) is 0 Å². The van der Waals surface area contributed by atoms with E-state index in [0.717, 1.165) is 24.2 Å². The molecule has 0 aromatic carbocycles. The number of nitrogens with zero attached hydrogens (tertiary/aromatic N) is 1. The molecule has 2 fully saturated rings. The fourth-order valence-electron chi connectivity index (χ4n) is 3.07. The zero-order valence-electron chi connectivity index (χ0n) is 9.28. The van der Waals surface area contributed by atoms with Crippen molar-refractivity contribution in [1.29, 1.82) is 0 Å². The van der Waals surface area contributed by atoms with Crippen LogP contribution in [0.2, 0.25) is 0 Å². The molecule has 1 atom stereocenters. The first kappa shape index (κ1) is 10.4. The van der Waals surface area contributed by atoms with Gasteiger partial charge in [-0.05, 0) is 37.6 Å². The zero-order chi connectivity index (χ0) is 9.97. The van der Waals surface area contributed by atoms with Crippen LogP contribution >= 0.6 is 0 Å². The second kappa shape index (κ2) is 4.63. The Balaban J connectivity index is 1.79. The topological polar surface area (TPSA) is 23.5 Å². The van der Waals surface area contributed by atoms with Gasteiger partial charge in [0, 0.05) is 19.7 Å². The molecule has 1 aliphatic carbocycles. The average Bonchev–Trinajstić information content (AvgIpc) is 2.04. The molecule has 0 aromatic rings. The summed E-state index contributed by atoms with van der Waals surface area (Å²) in [6, 6.07) is 0. The van der Waals surface area contributed by atoms with Gasteiger partial charge in [0.05, 0.1) is 0 Å². The minimum Gasteiger partial charge on any atom is -0.396 e. The molecule has 0 spiro atoms. The molecule has 0 aromatic heterocycles. The first-order valence-corrected chi connectivity index (χ1v) is 6.10. The molecule has 2 rings (SSSR count). The Hall–Kier alpha value is -0.0800. The Kier molecular flexibility index (Phi) is 3.45. The lowest BCUT2D eigenvalue weighted by molar-refractivity contribution is 0.0231. The molecule has 1 saturated heterocycles. The second-order valence-electron chi connectivity index (χ2n) is 5.20. The lowest BCUT2D eigenvalue weighted by Gasteiger charge is -2.47. The van der Waals surface area contributed by atoms with Gasteiger partial charge in [-0.2, -0.15) is 0 Å². The maximum Gasteiger partial charge on any atom is 0.0431 e. The van der Waals surface area contributed by atoms with Crippen molar-refractivity contribution in [2.75, 3.05) is 26.7 Å². The highest BCUT2D eigenvalue weighted by atomic mass is 16.2. The highest BCUT2D eigenvalue weighted by Crippen LogP contribution is 2.42. The summed E-state index contributed by atoms with van der Waals surface area (Å²) in [7, 11) is 2.21. The molecule has 1 aliphatic heterocycles. The Labute approximate surface area is 87.3 Å². The summed E-state index contributed by atoms with van der Waals surface area (Å²) in [5, 5.41) is 8.90. The van der Waals surface area contributed by atoms with Crippen molar-refractivity contribution >= 4 is 0 Å². The van der Waals surface area contributed by atoms with Crippen LogP contribution in [0, 0.1) is 17.8 Å². The van der Waals surface area contributed by atoms with E-state index in [2.05, 4.69) is 11.9 Å². The molecule has 1 heterocycles. The van der Waals surface area contributed by atoms with Crippen LogP contribution in [-0.4, -0.2) is 36.8 Å². The summed E-state index contributed by atoms with van der Waals surface area (Å²) in [4.78, 5) is 2.41. The minimum atomic E-state index is 0.381. The fraction of sp³-hybridized carbons (Fsp3) is 1.00. The van der Waals surface area contributed by atoms with Crippen LogP contribution in [0.1, 0.15) is 32.1 Å². The van der Waals surface area contributed by atoms with Gasteiger partial charge < -0.3 is 10.0 Å². The van der Waals surface area contributed by atoms with Gasteiger partial charge in [0.2, 0.25) is 0 Å². The molecule has 1 unspecified atom stereocenters. The third kappa shape index (κ3) is 2.12. The van der Waals surface area contributed by atoms with Gasteiger partial charge in [-0.15, -0.1) is 0 Å². The van der Waals surface area contributed by atoms with Crippen LogP contribution in [0.4, 0.5) is 0 Å². The van der Waals surface area contributed by atoms with Crippen LogP contribution in [-0.2, 0) is 0 Å². The molecule has 2 heteroatoms. The maximum atomic E-state index is 8.90. The number of aliphatic hydroxyl groups is 1. The second-order valence-corrected chi connectivity index (χ2v) is 5.20. The standard InChI is InChI=1S/C12H23NO/c1-13-8-11(9-13)12(6-3-7-14)10-4-2-5-10/h10-12,14H,2-9H2,1H3. The Morgan fingerprint density at radius 2 is 2.00 bits per heavy atom. The SMILES string of the molecule is CN1CC(C(CCCO)C2CCC2)C1. The number of aliphatic hydroxyl groups excluding tert-OH is 1. The average molecular weight is 197 g/mol. The molecule has 2 nitrogen and oxygen atoms in total. The minimum absolute atomic E-state index is 0.381. The van der Waals surface area contributed by atoms with E-state index in [1.165, 1.54) is 38.8 Å². The Bertz CT molecular complexity index is 173. The Morgan fingerprint density at radius 1 is 1.29 bits per heavy atom. The molecular formula is C12H23NO. The molecule has 0 bridgehead atoms. The van der Waals surface area contributed by atoms with Crippen molar-refractivity contribution < 1.29 is 5.11 Å². The van der Waals surface area contributed by atoms with Crippen molar-refractivity contribution in [2.24, 2.45) is 17.8 Å². The normalized spacial score (nSPS) is 27.0. The van der Waals surface area contributed by atoms with E-state index in [1.54, 1.807) is 0 Å². The molecule has 1 saturated carbocycles. The summed E-state index contributed by atoms with van der Waals surface area (Å²) in [5.74, 6) is 2.86. The summed E-state index contributed by atoms with van der Waals surface area (Å²) < 4.78 is 0. The highest BCUT2D eigenvalue weighted by molar-refractivity contribution is 4.89. The van der Waals surface area contributed by atoms with Gasteiger partial charge in [-0.25, -0.2) is 0 Å². The van der Waals surface area contributed by atoms with Crippen molar-refractivity contribution in [3.63, 3.8) is 0 Å². The fourth-order valence-corrected chi connectivity index (χ4v) is 3.07. The van der Waals surface area contributed by atoms with Gasteiger partial charge in [0.25, 0.3) is 0 Å². The largest absolute Gasteiger partial charge is 0.396 e. The summed E-state index contributed by atoms with van der Waals surface area (Å²) >= 11 is 0. The quantitative estimate of drug-likeness (QED) is 0.725. The van der Waals surface area contributed by atoms with E-state index >= 15 is 0 Å². The molecule has 2 aliphatic rings. The Morgan fingerprint density at radius 3 is 2.43 bits per heavy atom. The molecule has 82 valence electrons. The third-order valence-corrected chi connectivity index (χ3v) is 4.15. The van der Waals surface area contributed by atoms with Crippen LogP contribution in [0.5, 0.6) is 0 Å². The predicted octanol–water partition coefficient (Wildman–Crippen LogP) is 1.74. The van der Waals surface area contributed by atoms with Crippen molar-refractivity contribution in [2.45, 2.75) is 32.1 Å². The van der Waals surface area contributed by atoms with Gasteiger partial charge in [-0.1, -0.05) is 19.3 Å². The molecule has 1 N–H and O–H groups in total. The molecular weight excluding hydrogens is 174 g/mol. The number of hydrogen-bond acceptors (Lipinski definition) is 2. The summed E-state index contributed by atoms with van der Waals surface area (Å²) in [6.07, 6.45) is 6.64. The van der Waals surface area contributed by atoms with E-state index in [0.29, 0.717) is 6.61 Å². The van der Waals surface area contributed by atoms with Crippen molar-refractivity contribution in [3.8, 4) is 0 Å². The van der Waals surface area contributed by atoms with E-state index in [9.17, 15) is 0 Å². The zero-order valence-corrected chi connectivity index (χ0v) is 9.28. The van der Waals surface area contributed by atoms with Gasteiger partial charge in [0.15, 0.2) is 0 Å². The monoisotopic (exact) mass is 197 g/mol. The highest BCUT2D eigenvalue weighted by Gasteiger charge is 2.37. The van der Waals surface area contributed by atoms with Gasteiger partial charge in [-0.3, -0.25) is 0 Å². The predicted molar refractivity (Wildman–Crippen MR) is 58.1 cm³/mol. The van der Waals surface area contributed by atoms with Crippen molar-refractivity contribution in [3.05, 3.63) is 0 Å². The van der Waals surface area contributed by atoms with Crippen molar-refractivity contribution in [1.82, 2.24) is 4.90 Å². The molecule has 0 radical (unpaired) electrons. The first-order chi connectivity index (χ1) is 6.81. The van der Waals surface area contributed by atoms with E-state index < -0.39 is 0 Å². The third-order valence-electron chi connectivity index (χ3n) is 4.15. The van der Waals surface area contributed by atoms with Crippen LogP contribution in [0.15, 0.2) is 0 Å². The van der Waals surface area contributed by atoms with E-state index in [-0.39, 0.29) is 0 Å². The van der Waals surface area contributed by atoms with Gasteiger partial charge >= 0.3 is 0 Å². The lowest BCUT2D eigenvalue weighted by atomic mass is 9.67. The first-order valence-electron chi connectivity index (χ1n) is 6.10. The van der Waals surface area contributed by atoms with Crippen LogP contribution < -0.4 is 0 Å².